The van der Waals surface area contributed by atoms with Gasteiger partial charge in [-0.3, -0.25) is 0 Å². The van der Waals surface area contributed by atoms with Crippen molar-refractivity contribution in [1.82, 2.24) is 0 Å². The summed E-state index contributed by atoms with van der Waals surface area (Å²) >= 11 is 0. The van der Waals surface area contributed by atoms with Crippen molar-refractivity contribution in [2.75, 3.05) is 7.11 Å². The summed E-state index contributed by atoms with van der Waals surface area (Å²) in [6.07, 6.45) is 5.98. The van der Waals surface area contributed by atoms with Crippen molar-refractivity contribution in [3.8, 4) is 0 Å². The predicted molar refractivity (Wildman–Crippen MR) is 38.1 cm³/mol. The van der Waals surface area contributed by atoms with Crippen LogP contribution in [0.3, 0.4) is 0 Å². The van der Waals surface area contributed by atoms with Crippen LogP contribution in [0.4, 0.5) is 0 Å². The van der Waals surface area contributed by atoms with Gasteiger partial charge in [0.05, 0.1) is 12.9 Å². The van der Waals surface area contributed by atoms with Gasteiger partial charge in [0.1, 0.15) is 0 Å². The molecule has 0 fully saturated rings. The highest BCUT2D eigenvalue weighted by molar-refractivity contribution is 4.99. The van der Waals surface area contributed by atoms with Gasteiger partial charge in [-0.25, -0.2) is 0 Å². The Balaban J connectivity index is 2.49. The first-order chi connectivity index (χ1) is 4.33. The lowest BCUT2D eigenvalue weighted by Gasteiger charge is -2.15. The molecule has 0 aromatic rings. The Morgan fingerprint density at radius 1 is 1.67 bits per heavy atom. The van der Waals surface area contributed by atoms with Gasteiger partial charge in [0.2, 0.25) is 0 Å². The monoisotopic (exact) mass is 126 g/mol. The summed E-state index contributed by atoms with van der Waals surface area (Å²) in [5.74, 6) is 1.91. The molecular formula is C8H14O. The van der Waals surface area contributed by atoms with Crippen LogP contribution >= 0.6 is 0 Å². The second-order valence-corrected chi connectivity index (χ2v) is 2.71. The van der Waals surface area contributed by atoms with E-state index in [1.54, 1.807) is 7.11 Å². The second kappa shape index (κ2) is 2.90. The molecule has 1 heteroatoms. The second-order valence-electron chi connectivity index (χ2n) is 2.71. The summed E-state index contributed by atoms with van der Waals surface area (Å²) in [6.45, 7) is 2.23. The maximum Gasteiger partial charge on any atom is 0.0918 e. The third-order valence-corrected chi connectivity index (χ3v) is 1.82. The number of hydrogen-bond donors (Lipinski definition) is 0. The molecule has 1 nitrogen and oxygen atoms in total. The van der Waals surface area contributed by atoms with Gasteiger partial charge in [-0.05, 0) is 24.8 Å². The molecule has 52 valence electrons. The Kier molecular flexibility index (Phi) is 2.15. The molecule has 0 radical (unpaired) electrons. The van der Waals surface area contributed by atoms with E-state index in [9.17, 15) is 0 Å². The summed E-state index contributed by atoms with van der Waals surface area (Å²) in [5, 5.41) is 0. The molecule has 1 atom stereocenters. The van der Waals surface area contributed by atoms with Gasteiger partial charge in [-0.15, -0.1) is 0 Å². The fourth-order valence-electron chi connectivity index (χ4n) is 1.25. The van der Waals surface area contributed by atoms with Crippen molar-refractivity contribution in [2.45, 2.75) is 26.2 Å². The van der Waals surface area contributed by atoms with E-state index in [1.165, 1.54) is 18.6 Å². The minimum absolute atomic E-state index is 0.730. The number of allylic oxidation sites excluding steroid dienone is 2. The Morgan fingerprint density at radius 3 is 2.89 bits per heavy atom. The van der Waals surface area contributed by atoms with E-state index >= 15 is 0 Å². The molecule has 0 saturated heterocycles. The lowest BCUT2D eigenvalue weighted by Crippen LogP contribution is -2.01. The number of hydrogen-bond acceptors (Lipinski definition) is 1. The molecule has 0 N–H and O–H groups in total. The minimum atomic E-state index is 0.730. The zero-order valence-electron chi connectivity index (χ0n) is 6.18. The average molecular weight is 126 g/mol. The molecule has 0 aromatic carbocycles. The number of rotatable bonds is 1. The normalized spacial score (nSPS) is 27.3. The van der Waals surface area contributed by atoms with Crippen molar-refractivity contribution < 1.29 is 4.74 Å². The summed E-state index contributed by atoms with van der Waals surface area (Å²) in [6, 6.07) is 0. The van der Waals surface area contributed by atoms with Crippen LogP contribution in [-0.2, 0) is 4.74 Å². The number of ether oxygens (including phenoxy) is 1. The molecule has 0 aliphatic heterocycles. The van der Waals surface area contributed by atoms with Gasteiger partial charge >= 0.3 is 0 Å². The van der Waals surface area contributed by atoms with Gasteiger partial charge in [-0.1, -0.05) is 6.92 Å². The minimum Gasteiger partial charge on any atom is -0.501 e. The van der Waals surface area contributed by atoms with Crippen molar-refractivity contribution >= 4 is 0 Å². The molecule has 1 rings (SSSR count). The molecule has 0 heterocycles. The van der Waals surface area contributed by atoms with E-state index < -0.39 is 0 Å². The molecule has 1 aliphatic carbocycles. The van der Waals surface area contributed by atoms with Crippen molar-refractivity contribution in [3.05, 3.63) is 11.8 Å². The van der Waals surface area contributed by atoms with Gasteiger partial charge in [0.15, 0.2) is 0 Å². The fourth-order valence-corrected chi connectivity index (χ4v) is 1.25. The molecule has 1 aliphatic rings. The Bertz CT molecular complexity index is 116. The van der Waals surface area contributed by atoms with Gasteiger partial charge in [-0.2, -0.15) is 0 Å². The molecule has 0 unspecified atom stereocenters. The lowest BCUT2D eigenvalue weighted by molar-refractivity contribution is 0.259. The standard InChI is InChI=1S/C8H14O/c1-7-4-3-5-8(6-7)9-2/h6-7H,3-5H2,1-2H3/t7-/m0/s1. The zero-order chi connectivity index (χ0) is 6.69. The molecule has 0 aromatic heterocycles. The van der Waals surface area contributed by atoms with E-state index in [1.807, 2.05) is 0 Å². The Labute approximate surface area is 56.7 Å². The first-order valence-corrected chi connectivity index (χ1v) is 3.57. The van der Waals surface area contributed by atoms with Crippen LogP contribution < -0.4 is 0 Å². The summed E-state index contributed by atoms with van der Waals surface area (Å²) in [5.41, 5.74) is 0. The van der Waals surface area contributed by atoms with Gasteiger partial charge in [0, 0.05) is 6.42 Å². The number of methoxy groups -OCH3 is 1. The first kappa shape index (κ1) is 6.66. The predicted octanol–water partition coefficient (Wildman–Crippen LogP) is 2.34. The van der Waals surface area contributed by atoms with Crippen LogP contribution in [0.15, 0.2) is 11.8 Å². The maximum absolute atomic E-state index is 5.12. The van der Waals surface area contributed by atoms with Crippen LogP contribution in [0.5, 0.6) is 0 Å². The third-order valence-electron chi connectivity index (χ3n) is 1.82. The average Bonchev–Trinajstić information content (AvgIpc) is 1.88. The highest BCUT2D eigenvalue weighted by Crippen LogP contribution is 2.21. The maximum atomic E-state index is 5.12. The molecular weight excluding hydrogens is 112 g/mol. The van der Waals surface area contributed by atoms with Crippen LogP contribution in [0.1, 0.15) is 26.2 Å². The van der Waals surface area contributed by atoms with Crippen LogP contribution in [-0.4, -0.2) is 7.11 Å². The van der Waals surface area contributed by atoms with Crippen LogP contribution in [0.2, 0.25) is 0 Å². The quantitative estimate of drug-likeness (QED) is 0.524. The van der Waals surface area contributed by atoms with E-state index in [0.29, 0.717) is 0 Å². The van der Waals surface area contributed by atoms with Crippen LogP contribution in [0, 0.1) is 5.92 Å². The van der Waals surface area contributed by atoms with Gasteiger partial charge < -0.3 is 4.74 Å². The van der Waals surface area contributed by atoms with E-state index in [0.717, 1.165) is 12.3 Å². The largest absolute Gasteiger partial charge is 0.501 e. The molecule has 9 heavy (non-hydrogen) atoms. The first-order valence-electron chi connectivity index (χ1n) is 3.57. The van der Waals surface area contributed by atoms with Crippen molar-refractivity contribution in [1.29, 1.82) is 0 Å². The summed E-state index contributed by atoms with van der Waals surface area (Å²) in [7, 11) is 1.75. The lowest BCUT2D eigenvalue weighted by atomic mass is 9.97. The Hall–Kier alpha value is -0.460. The Morgan fingerprint density at radius 2 is 2.44 bits per heavy atom. The van der Waals surface area contributed by atoms with Crippen molar-refractivity contribution in [2.24, 2.45) is 5.92 Å². The third kappa shape index (κ3) is 1.74. The highest BCUT2D eigenvalue weighted by atomic mass is 16.5. The fraction of sp³-hybridized carbons (Fsp3) is 0.750. The van der Waals surface area contributed by atoms with Gasteiger partial charge in [0.25, 0.3) is 0 Å². The topological polar surface area (TPSA) is 9.23 Å². The highest BCUT2D eigenvalue weighted by Gasteiger charge is 2.08. The summed E-state index contributed by atoms with van der Waals surface area (Å²) in [4.78, 5) is 0. The molecule has 0 bridgehead atoms. The zero-order valence-corrected chi connectivity index (χ0v) is 6.18. The van der Waals surface area contributed by atoms with E-state index in [-0.39, 0.29) is 0 Å². The van der Waals surface area contributed by atoms with Crippen LogP contribution in [0.25, 0.3) is 0 Å². The van der Waals surface area contributed by atoms with E-state index in [2.05, 4.69) is 13.0 Å². The van der Waals surface area contributed by atoms with Crippen molar-refractivity contribution in [3.63, 3.8) is 0 Å². The smallest absolute Gasteiger partial charge is 0.0918 e. The summed E-state index contributed by atoms with van der Waals surface area (Å²) < 4.78 is 5.12. The molecule has 0 amide bonds. The molecule has 0 saturated carbocycles. The van der Waals surface area contributed by atoms with E-state index in [4.69, 9.17) is 4.74 Å². The SMILES string of the molecule is COC1=C[C@@H](C)CCC1. The molecule has 0 spiro atoms.